The molecule has 3 heterocycles. The van der Waals surface area contributed by atoms with Crippen LogP contribution in [-0.2, 0) is 9.53 Å². The zero-order valence-corrected chi connectivity index (χ0v) is 19.1. The minimum Gasteiger partial charge on any atom is -0.376 e. The van der Waals surface area contributed by atoms with E-state index in [9.17, 15) is 9.59 Å². The lowest BCUT2D eigenvalue weighted by atomic mass is 9.93. The van der Waals surface area contributed by atoms with E-state index in [1.807, 2.05) is 40.9 Å². The van der Waals surface area contributed by atoms with Gasteiger partial charge in [-0.3, -0.25) is 9.59 Å². The fourth-order valence-corrected chi connectivity index (χ4v) is 6.02. The summed E-state index contributed by atoms with van der Waals surface area (Å²) in [6.45, 7) is 2.86. The Kier molecular flexibility index (Phi) is 7.19. The topological polar surface area (TPSA) is 49.9 Å². The highest BCUT2D eigenvalue weighted by Crippen LogP contribution is 2.29. The molecule has 0 aliphatic carbocycles. The lowest BCUT2D eigenvalue weighted by Gasteiger charge is -2.37. The molecule has 29 heavy (non-hydrogen) atoms. The van der Waals surface area contributed by atoms with Crippen LogP contribution in [0.25, 0.3) is 0 Å². The van der Waals surface area contributed by atoms with E-state index in [1.54, 1.807) is 0 Å². The number of thioether (sulfide) groups is 1. The summed E-state index contributed by atoms with van der Waals surface area (Å²) in [5, 5.41) is 0. The normalized spacial score (nSPS) is 25.3. The number of piperidine rings is 1. The fourth-order valence-electron chi connectivity index (χ4n) is 4.53. The Morgan fingerprint density at radius 1 is 1.14 bits per heavy atom. The zero-order chi connectivity index (χ0) is 20.2. The van der Waals surface area contributed by atoms with Crippen molar-refractivity contribution in [3.05, 3.63) is 34.3 Å². The number of likely N-dealkylation sites (tertiary alicyclic amines) is 1. The van der Waals surface area contributed by atoms with Gasteiger partial charge in [0, 0.05) is 54.0 Å². The number of halogens is 1. The highest BCUT2D eigenvalue weighted by Gasteiger charge is 2.36. The lowest BCUT2D eigenvalue weighted by molar-refractivity contribution is -0.140. The van der Waals surface area contributed by atoms with Crippen molar-refractivity contribution in [2.45, 2.75) is 44.2 Å². The molecule has 5 nitrogen and oxygen atoms in total. The van der Waals surface area contributed by atoms with Crippen molar-refractivity contribution in [1.29, 1.82) is 0 Å². The average molecular weight is 481 g/mol. The zero-order valence-electron chi connectivity index (χ0n) is 16.7. The SMILES string of the molecule is O=C(c1ccc(Br)cc1)N1CCC(C(=O)N(CC2CCCO2)C2CCSC2)CC1. The third kappa shape index (κ3) is 5.17. The molecule has 3 aliphatic heterocycles. The molecule has 0 aromatic heterocycles. The highest BCUT2D eigenvalue weighted by atomic mass is 79.9. The van der Waals surface area contributed by atoms with Crippen LogP contribution in [0.4, 0.5) is 0 Å². The molecule has 7 heteroatoms. The summed E-state index contributed by atoms with van der Waals surface area (Å²) in [5.41, 5.74) is 0.709. The van der Waals surface area contributed by atoms with Gasteiger partial charge >= 0.3 is 0 Å². The van der Waals surface area contributed by atoms with E-state index in [-0.39, 0.29) is 23.8 Å². The maximum atomic E-state index is 13.4. The smallest absolute Gasteiger partial charge is 0.253 e. The molecule has 3 fully saturated rings. The van der Waals surface area contributed by atoms with Gasteiger partial charge < -0.3 is 14.5 Å². The monoisotopic (exact) mass is 480 g/mol. The molecular formula is C22H29BrN2O3S. The third-order valence-corrected chi connectivity index (χ3v) is 7.95. The van der Waals surface area contributed by atoms with E-state index < -0.39 is 0 Å². The molecule has 0 spiro atoms. The van der Waals surface area contributed by atoms with Gasteiger partial charge in [-0.2, -0.15) is 11.8 Å². The average Bonchev–Trinajstić information content (AvgIpc) is 3.46. The van der Waals surface area contributed by atoms with E-state index in [0.717, 1.165) is 61.2 Å². The summed E-state index contributed by atoms with van der Waals surface area (Å²) in [4.78, 5) is 30.2. The number of hydrogen-bond acceptors (Lipinski definition) is 4. The highest BCUT2D eigenvalue weighted by molar-refractivity contribution is 9.10. The molecule has 3 aliphatic rings. The maximum Gasteiger partial charge on any atom is 0.253 e. The van der Waals surface area contributed by atoms with Gasteiger partial charge in [-0.15, -0.1) is 0 Å². The number of carbonyl (C=O) groups excluding carboxylic acids is 2. The van der Waals surface area contributed by atoms with E-state index in [1.165, 1.54) is 0 Å². The quantitative estimate of drug-likeness (QED) is 0.642. The van der Waals surface area contributed by atoms with Gasteiger partial charge in [0.1, 0.15) is 0 Å². The Bertz CT molecular complexity index is 709. The first-order valence-corrected chi connectivity index (χ1v) is 12.6. The number of benzene rings is 1. The Labute approximate surface area is 185 Å². The van der Waals surface area contributed by atoms with Crippen LogP contribution in [0.5, 0.6) is 0 Å². The predicted octanol–water partition coefficient (Wildman–Crippen LogP) is 3.81. The van der Waals surface area contributed by atoms with Gasteiger partial charge in [0.15, 0.2) is 0 Å². The van der Waals surface area contributed by atoms with Crippen molar-refractivity contribution in [3.8, 4) is 0 Å². The van der Waals surface area contributed by atoms with E-state index in [2.05, 4.69) is 20.8 Å². The predicted molar refractivity (Wildman–Crippen MR) is 119 cm³/mol. The van der Waals surface area contributed by atoms with Gasteiger partial charge in [-0.25, -0.2) is 0 Å². The Balaban J connectivity index is 1.36. The summed E-state index contributed by atoms with van der Waals surface area (Å²) < 4.78 is 6.80. The molecule has 0 radical (unpaired) electrons. The van der Waals surface area contributed by atoms with Gasteiger partial charge in [0.05, 0.1) is 6.10 Å². The molecular weight excluding hydrogens is 452 g/mol. The van der Waals surface area contributed by atoms with Crippen molar-refractivity contribution in [3.63, 3.8) is 0 Å². The van der Waals surface area contributed by atoms with Crippen LogP contribution >= 0.6 is 27.7 Å². The molecule has 2 unspecified atom stereocenters. The molecule has 1 aromatic carbocycles. The van der Waals surface area contributed by atoms with Crippen LogP contribution in [-0.4, -0.2) is 71.5 Å². The Morgan fingerprint density at radius 3 is 2.52 bits per heavy atom. The van der Waals surface area contributed by atoms with Gasteiger partial charge in [0.2, 0.25) is 5.91 Å². The molecule has 0 bridgehead atoms. The molecule has 1 aromatic rings. The second-order valence-corrected chi connectivity index (χ2v) is 10.3. The van der Waals surface area contributed by atoms with Crippen LogP contribution < -0.4 is 0 Å². The number of amides is 2. The number of ether oxygens (including phenoxy) is 1. The van der Waals surface area contributed by atoms with Crippen molar-refractivity contribution in [2.24, 2.45) is 5.92 Å². The van der Waals surface area contributed by atoms with Crippen LogP contribution in [0.3, 0.4) is 0 Å². The first kappa shape index (κ1) is 21.2. The number of rotatable bonds is 5. The fraction of sp³-hybridized carbons (Fsp3) is 0.636. The van der Waals surface area contributed by atoms with Crippen LogP contribution in [0.2, 0.25) is 0 Å². The summed E-state index contributed by atoms with van der Waals surface area (Å²) in [7, 11) is 0. The van der Waals surface area contributed by atoms with Gasteiger partial charge in [-0.1, -0.05) is 15.9 Å². The van der Waals surface area contributed by atoms with Gasteiger partial charge in [0.25, 0.3) is 5.91 Å². The Morgan fingerprint density at radius 2 is 1.90 bits per heavy atom. The Hall–Kier alpha value is -1.05. The third-order valence-electron chi connectivity index (χ3n) is 6.28. The minimum atomic E-state index is 0.0240. The van der Waals surface area contributed by atoms with Crippen LogP contribution in [0, 0.1) is 5.92 Å². The molecule has 2 amide bonds. The first-order chi connectivity index (χ1) is 14.1. The summed E-state index contributed by atoms with van der Waals surface area (Å²) in [5.74, 6) is 2.55. The summed E-state index contributed by atoms with van der Waals surface area (Å²) in [6.07, 6.45) is 4.95. The largest absolute Gasteiger partial charge is 0.376 e. The molecule has 0 N–H and O–H groups in total. The second kappa shape index (κ2) is 9.84. The maximum absolute atomic E-state index is 13.4. The van der Waals surface area contributed by atoms with Gasteiger partial charge in [-0.05, 0) is 62.1 Å². The molecule has 158 valence electrons. The molecule has 0 saturated carbocycles. The second-order valence-electron chi connectivity index (χ2n) is 8.22. The minimum absolute atomic E-state index is 0.0240. The number of nitrogens with zero attached hydrogens (tertiary/aromatic N) is 2. The van der Waals surface area contributed by atoms with E-state index in [0.29, 0.717) is 24.7 Å². The lowest BCUT2D eigenvalue weighted by Crippen LogP contribution is -2.50. The number of hydrogen-bond donors (Lipinski definition) is 0. The molecule has 4 rings (SSSR count). The first-order valence-electron chi connectivity index (χ1n) is 10.7. The molecule has 3 saturated heterocycles. The number of carbonyl (C=O) groups is 2. The van der Waals surface area contributed by atoms with Crippen molar-refractivity contribution >= 4 is 39.5 Å². The summed E-state index contributed by atoms with van der Waals surface area (Å²) >= 11 is 5.35. The van der Waals surface area contributed by atoms with Crippen molar-refractivity contribution < 1.29 is 14.3 Å². The van der Waals surface area contributed by atoms with E-state index in [4.69, 9.17) is 4.74 Å². The summed E-state index contributed by atoms with van der Waals surface area (Å²) in [6, 6.07) is 7.84. The standard InChI is InChI=1S/C22H29BrN2O3S/c23-18-5-3-16(4-6-18)21(26)24-10-7-17(8-11-24)22(27)25(19-9-13-29-15-19)14-20-2-1-12-28-20/h3-6,17,19-20H,1-2,7-15H2. The molecule has 2 atom stereocenters. The van der Waals surface area contributed by atoms with Crippen LogP contribution in [0.15, 0.2) is 28.7 Å². The van der Waals surface area contributed by atoms with Crippen molar-refractivity contribution in [2.75, 3.05) is 37.7 Å². The van der Waals surface area contributed by atoms with E-state index >= 15 is 0 Å². The van der Waals surface area contributed by atoms with Crippen molar-refractivity contribution in [1.82, 2.24) is 9.80 Å². The van der Waals surface area contributed by atoms with Crippen LogP contribution in [0.1, 0.15) is 42.5 Å².